The highest BCUT2D eigenvalue weighted by Crippen LogP contribution is 2.19. The van der Waals surface area contributed by atoms with Gasteiger partial charge in [0.15, 0.2) is 0 Å². The van der Waals surface area contributed by atoms with Crippen molar-refractivity contribution in [3.05, 3.63) is 65.4 Å². The minimum atomic E-state index is -0.522. The summed E-state index contributed by atoms with van der Waals surface area (Å²) in [6, 6.07) is 13.7. The topological polar surface area (TPSA) is 145 Å². The lowest BCUT2D eigenvalue weighted by molar-refractivity contribution is 0.0997. The lowest BCUT2D eigenvalue weighted by atomic mass is 10.1. The highest BCUT2D eigenvalue weighted by Gasteiger charge is 2.11. The minimum Gasteiger partial charge on any atom is -0.366 e. The highest BCUT2D eigenvalue weighted by atomic mass is 16.5. The fourth-order valence-electron chi connectivity index (χ4n) is 2.63. The summed E-state index contributed by atoms with van der Waals surface area (Å²) in [5.74, 6) is -0.560. The molecule has 148 valence electrons. The van der Waals surface area contributed by atoms with Crippen LogP contribution < -0.4 is 16.5 Å². The zero-order chi connectivity index (χ0) is 21.0. The maximum Gasteiger partial charge on any atom is 0.272 e. The van der Waals surface area contributed by atoms with Crippen molar-refractivity contribution in [2.24, 2.45) is 15.9 Å². The number of hydroxylamine groups is 1. The van der Waals surface area contributed by atoms with Crippen LogP contribution in [0.15, 0.2) is 58.7 Å². The van der Waals surface area contributed by atoms with Gasteiger partial charge < -0.3 is 16.0 Å². The number of H-pyrrole nitrogens is 1. The van der Waals surface area contributed by atoms with E-state index in [2.05, 4.69) is 20.5 Å². The number of nitrogens with two attached hydrogens (primary N) is 1. The Balaban J connectivity index is 1.74. The normalized spacial score (nSPS) is 12.1. The van der Waals surface area contributed by atoms with Gasteiger partial charge >= 0.3 is 0 Å². The molecule has 9 heteroatoms. The van der Waals surface area contributed by atoms with Crippen molar-refractivity contribution in [1.29, 1.82) is 0 Å². The van der Waals surface area contributed by atoms with E-state index in [4.69, 9.17) is 10.9 Å². The molecule has 0 atom stereocenters. The number of hydrogen-bond donors (Lipinski definition) is 5. The maximum atomic E-state index is 12.5. The highest BCUT2D eigenvalue weighted by molar-refractivity contribution is 6.07. The molecule has 1 aromatic heterocycles. The first-order valence-electron chi connectivity index (χ1n) is 8.70. The molecule has 3 rings (SSSR count). The molecule has 0 aliphatic carbocycles. The number of nitrogens with one attached hydrogen (secondary N) is 3. The molecule has 0 saturated heterocycles. The molecule has 2 amide bonds. The summed E-state index contributed by atoms with van der Waals surface area (Å²) in [7, 11) is 0. The number of amidine groups is 1. The molecule has 0 spiro atoms. The van der Waals surface area contributed by atoms with Crippen LogP contribution in [0.2, 0.25) is 0 Å². The first-order valence-corrected chi connectivity index (χ1v) is 8.70. The average Bonchev–Trinajstić information content (AvgIpc) is 3.15. The van der Waals surface area contributed by atoms with E-state index in [9.17, 15) is 9.59 Å². The van der Waals surface area contributed by atoms with Crippen molar-refractivity contribution in [2.75, 3.05) is 5.32 Å². The van der Waals surface area contributed by atoms with Crippen LogP contribution in [0.1, 0.15) is 40.3 Å². The van der Waals surface area contributed by atoms with Gasteiger partial charge in [0.2, 0.25) is 5.91 Å². The predicted octanol–water partition coefficient (Wildman–Crippen LogP) is 2.64. The van der Waals surface area contributed by atoms with Crippen molar-refractivity contribution >= 4 is 40.0 Å². The molecule has 1 heterocycles. The Labute approximate surface area is 166 Å². The van der Waals surface area contributed by atoms with Crippen LogP contribution in [0.4, 0.5) is 5.69 Å². The van der Waals surface area contributed by atoms with Crippen molar-refractivity contribution in [3.8, 4) is 0 Å². The Kier molecular flexibility index (Phi) is 5.70. The van der Waals surface area contributed by atoms with Crippen LogP contribution in [0.3, 0.4) is 0 Å². The number of hydrogen-bond acceptors (Lipinski definition) is 5. The third-order valence-corrected chi connectivity index (χ3v) is 4.22. The van der Waals surface area contributed by atoms with Gasteiger partial charge in [0.25, 0.3) is 5.91 Å². The number of carbonyl (C=O) groups is 2. The van der Waals surface area contributed by atoms with Gasteiger partial charge in [-0.05, 0) is 55.8 Å². The summed E-state index contributed by atoms with van der Waals surface area (Å²) in [6.07, 6.45) is 0. The summed E-state index contributed by atoms with van der Waals surface area (Å²) >= 11 is 0. The number of primary amides is 1. The molecule has 0 bridgehead atoms. The van der Waals surface area contributed by atoms with Gasteiger partial charge in [0.1, 0.15) is 11.5 Å². The van der Waals surface area contributed by atoms with Gasteiger partial charge in [-0.2, -0.15) is 5.10 Å². The smallest absolute Gasteiger partial charge is 0.272 e. The van der Waals surface area contributed by atoms with E-state index >= 15 is 0 Å². The van der Waals surface area contributed by atoms with Crippen LogP contribution in [0, 0.1) is 0 Å². The van der Waals surface area contributed by atoms with Gasteiger partial charge in [0.05, 0.1) is 5.71 Å². The number of benzene rings is 2. The van der Waals surface area contributed by atoms with E-state index in [0.717, 1.165) is 16.5 Å². The number of aromatic amines is 1. The monoisotopic (exact) mass is 392 g/mol. The molecule has 0 saturated carbocycles. The van der Waals surface area contributed by atoms with Gasteiger partial charge in [-0.1, -0.05) is 12.1 Å². The van der Waals surface area contributed by atoms with Crippen molar-refractivity contribution in [3.63, 3.8) is 0 Å². The second-order valence-corrected chi connectivity index (χ2v) is 6.36. The standard InChI is InChI=1S/C20H20N6O3/c1-11(24-25-12(2)26-29)13-3-6-16(7-4-13)22-20(28)18-10-15-9-14(19(21)27)5-8-17(15)23-18/h3-10,23,29H,1-2H3,(H2,21,27)(H,22,28)(H,25,26)/b24-11-. The van der Waals surface area contributed by atoms with Crippen LogP contribution >= 0.6 is 0 Å². The molecule has 3 aromatic rings. The van der Waals surface area contributed by atoms with Crippen LogP contribution in [-0.4, -0.2) is 33.6 Å². The summed E-state index contributed by atoms with van der Waals surface area (Å²) in [4.78, 5) is 26.8. The van der Waals surface area contributed by atoms with Gasteiger partial charge in [0, 0.05) is 22.2 Å². The quantitative estimate of drug-likeness (QED) is 0.258. The molecule has 2 aromatic carbocycles. The number of carbonyl (C=O) groups excluding carboxylic acids is 2. The number of fused-ring (bicyclic) bond motifs is 1. The zero-order valence-corrected chi connectivity index (χ0v) is 15.9. The van der Waals surface area contributed by atoms with Crippen molar-refractivity contribution in [1.82, 2.24) is 10.5 Å². The van der Waals surface area contributed by atoms with Gasteiger partial charge in [-0.25, -0.2) is 0 Å². The Morgan fingerprint density at radius 3 is 2.34 bits per heavy atom. The minimum absolute atomic E-state index is 0.273. The molecule has 0 fully saturated rings. The van der Waals surface area contributed by atoms with Crippen molar-refractivity contribution < 1.29 is 14.8 Å². The summed E-state index contributed by atoms with van der Waals surface area (Å²) in [5.41, 5.74) is 10.8. The molecular formula is C20H20N6O3. The zero-order valence-electron chi connectivity index (χ0n) is 15.9. The molecule has 29 heavy (non-hydrogen) atoms. The molecule has 0 radical (unpaired) electrons. The van der Waals surface area contributed by atoms with Gasteiger partial charge in [-0.3, -0.25) is 20.3 Å². The second kappa shape index (κ2) is 8.36. The number of amides is 2. The number of aromatic nitrogens is 1. The third-order valence-electron chi connectivity index (χ3n) is 4.22. The number of nitrogens with zero attached hydrogens (tertiary/aromatic N) is 2. The first-order chi connectivity index (χ1) is 13.9. The lowest BCUT2D eigenvalue weighted by Crippen LogP contribution is -2.14. The SMILES string of the molecule is CC(=N/N=C(/C)c1ccc(NC(=O)c2cc3cc(C(N)=O)ccc3[nH]2)cc1)NO. The third kappa shape index (κ3) is 4.66. The predicted molar refractivity (Wildman–Crippen MR) is 111 cm³/mol. The Morgan fingerprint density at radius 1 is 1.00 bits per heavy atom. The maximum absolute atomic E-state index is 12.5. The Morgan fingerprint density at radius 2 is 1.69 bits per heavy atom. The molecular weight excluding hydrogens is 372 g/mol. The fourth-order valence-corrected chi connectivity index (χ4v) is 2.63. The van der Waals surface area contributed by atoms with Gasteiger partial charge in [-0.15, -0.1) is 5.10 Å². The summed E-state index contributed by atoms with van der Waals surface area (Å²) in [5, 5.41) is 20.0. The largest absolute Gasteiger partial charge is 0.366 e. The average molecular weight is 392 g/mol. The second-order valence-electron chi connectivity index (χ2n) is 6.36. The van der Waals surface area contributed by atoms with Crippen LogP contribution in [0.5, 0.6) is 0 Å². The van der Waals surface area contributed by atoms with E-state index in [-0.39, 0.29) is 11.7 Å². The van der Waals surface area contributed by atoms with E-state index in [1.165, 1.54) is 0 Å². The Bertz CT molecular complexity index is 1130. The summed E-state index contributed by atoms with van der Waals surface area (Å²) < 4.78 is 0. The van der Waals surface area contributed by atoms with E-state index in [1.807, 2.05) is 5.48 Å². The van der Waals surface area contributed by atoms with E-state index in [1.54, 1.807) is 62.4 Å². The van der Waals surface area contributed by atoms with Crippen molar-refractivity contribution in [2.45, 2.75) is 13.8 Å². The lowest BCUT2D eigenvalue weighted by Gasteiger charge is -2.05. The molecule has 0 aliphatic rings. The fraction of sp³-hybridized carbons (Fsp3) is 0.100. The van der Waals surface area contributed by atoms with E-state index in [0.29, 0.717) is 22.7 Å². The number of rotatable bonds is 5. The van der Waals surface area contributed by atoms with Crippen LogP contribution in [-0.2, 0) is 0 Å². The Hall–Kier alpha value is -3.98. The number of anilines is 1. The molecule has 9 nitrogen and oxygen atoms in total. The molecule has 0 unspecified atom stereocenters. The van der Waals surface area contributed by atoms with E-state index < -0.39 is 5.91 Å². The molecule has 6 N–H and O–H groups in total. The molecule has 0 aliphatic heterocycles. The van der Waals surface area contributed by atoms with Crippen LogP contribution in [0.25, 0.3) is 10.9 Å². The summed E-state index contributed by atoms with van der Waals surface area (Å²) in [6.45, 7) is 3.36. The first kappa shape index (κ1) is 19.8.